The second kappa shape index (κ2) is 6.73. The summed E-state index contributed by atoms with van der Waals surface area (Å²) < 4.78 is 29.0. The van der Waals surface area contributed by atoms with Gasteiger partial charge in [0.25, 0.3) is 10.2 Å². The van der Waals surface area contributed by atoms with E-state index in [1.165, 1.54) is 0 Å². The maximum absolute atomic E-state index is 12.9. The van der Waals surface area contributed by atoms with Crippen LogP contribution < -0.4 is 0 Å². The van der Waals surface area contributed by atoms with E-state index >= 15 is 0 Å². The van der Waals surface area contributed by atoms with E-state index in [0.29, 0.717) is 24.9 Å². The van der Waals surface area contributed by atoms with Gasteiger partial charge in [0.1, 0.15) is 0 Å². The fourth-order valence-electron chi connectivity index (χ4n) is 3.72. The highest BCUT2D eigenvalue weighted by Crippen LogP contribution is 2.30. The maximum atomic E-state index is 12.9. The van der Waals surface area contributed by atoms with Crippen LogP contribution in [0.3, 0.4) is 0 Å². The highest BCUT2D eigenvalue weighted by Gasteiger charge is 2.38. The average Bonchev–Trinajstić information content (AvgIpc) is 2.88. The molecule has 2 fully saturated rings. The summed E-state index contributed by atoms with van der Waals surface area (Å²) in [7, 11) is -3.43. The molecule has 1 N–H and O–H groups in total. The standard InChI is InChI=1S/C14H28N2O3S/c1-12-9-13(2)11-15(10-12)20(18,19)16(7-8-17)14-5-3-4-6-14/h12-14,17H,3-11H2,1-2H3. The van der Waals surface area contributed by atoms with Crippen LogP contribution in [0.4, 0.5) is 0 Å². The molecule has 2 rings (SSSR count). The smallest absolute Gasteiger partial charge is 0.282 e. The third-order valence-electron chi connectivity index (χ3n) is 4.51. The molecular formula is C14H28N2O3S. The molecule has 1 aliphatic carbocycles. The second-order valence-electron chi connectivity index (χ2n) is 6.54. The van der Waals surface area contributed by atoms with Gasteiger partial charge in [0.05, 0.1) is 6.61 Å². The third-order valence-corrected chi connectivity index (χ3v) is 6.53. The highest BCUT2D eigenvalue weighted by molar-refractivity contribution is 7.86. The van der Waals surface area contributed by atoms with Gasteiger partial charge >= 0.3 is 0 Å². The first kappa shape index (κ1) is 16.2. The first-order valence-electron chi connectivity index (χ1n) is 7.83. The molecule has 2 unspecified atom stereocenters. The van der Waals surface area contributed by atoms with Gasteiger partial charge < -0.3 is 5.11 Å². The molecule has 1 saturated heterocycles. The Morgan fingerprint density at radius 3 is 2.20 bits per heavy atom. The number of nitrogens with zero attached hydrogens (tertiary/aromatic N) is 2. The van der Waals surface area contributed by atoms with Crippen molar-refractivity contribution in [1.82, 2.24) is 8.61 Å². The summed E-state index contributed by atoms with van der Waals surface area (Å²) in [5.41, 5.74) is 0. The lowest BCUT2D eigenvalue weighted by atomic mass is 9.94. The van der Waals surface area contributed by atoms with Crippen LogP contribution in [-0.2, 0) is 10.2 Å². The Bertz CT molecular complexity index is 397. The van der Waals surface area contributed by atoms with Gasteiger partial charge in [-0.15, -0.1) is 0 Å². The molecule has 0 aromatic heterocycles. The average molecular weight is 304 g/mol. The van der Waals surface area contributed by atoms with E-state index < -0.39 is 10.2 Å². The first-order valence-corrected chi connectivity index (χ1v) is 9.22. The van der Waals surface area contributed by atoms with E-state index in [9.17, 15) is 13.5 Å². The van der Waals surface area contributed by atoms with Crippen molar-refractivity contribution in [3.63, 3.8) is 0 Å². The van der Waals surface area contributed by atoms with Gasteiger partial charge in [0.15, 0.2) is 0 Å². The molecule has 2 atom stereocenters. The lowest BCUT2D eigenvalue weighted by Crippen LogP contribution is -2.52. The summed E-state index contributed by atoms with van der Waals surface area (Å²) in [6, 6.07) is 0.0830. The predicted octanol–water partition coefficient (Wildman–Crippen LogP) is 1.45. The number of aliphatic hydroxyl groups excluding tert-OH is 1. The third kappa shape index (κ3) is 3.53. The van der Waals surface area contributed by atoms with Crippen molar-refractivity contribution >= 4 is 10.2 Å². The lowest BCUT2D eigenvalue weighted by molar-refractivity contribution is 0.183. The fraction of sp³-hybridized carbons (Fsp3) is 1.00. The SMILES string of the molecule is CC1CC(C)CN(S(=O)(=O)N(CCO)C2CCCC2)C1. The topological polar surface area (TPSA) is 60.9 Å². The Labute approximate surface area is 123 Å². The van der Waals surface area contributed by atoms with Crippen molar-refractivity contribution in [1.29, 1.82) is 0 Å². The van der Waals surface area contributed by atoms with Crippen molar-refractivity contribution in [2.45, 2.75) is 52.0 Å². The van der Waals surface area contributed by atoms with Crippen molar-refractivity contribution in [2.75, 3.05) is 26.2 Å². The van der Waals surface area contributed by atoms with Crippen molar-refractivity contribution in [3.8, 4) is 0 Å². The zero-order valence-electron chi connectivity index (χ0n) is 12.7. The van der Waals surface area contributed by atoms with Crippen LogP contribution in [0.25, 0.3) is 0 Å². The molecule has 0 bridgehead atoms. The van der Waals surface area contributed by atoms with Crippen LogP contribution in [0.15, 0.2) is 0 Å². The number of aliphatic hydroxyl groups is 1. The molecule has 20 heavy (non-hydrogen) atoms. The molecule has 2 aliphatic rings. The number of rotatable bonds is 5. The molecule has 0 radical (unpaired) electrons. The minimum absolute atomic E-state index is 0.0830. The van der Waals surface area contributed by atoms with Gasteiger partial charge in [-0.25, -0.2) is 0 Å². The Hall–Kier alpha value is -0.170. The molecule has 1 saturated carbocycles. The maximum Gasteiger partial charge on any atom is 0.282 e. The van der Waals surface area contributed by atoms with Gasteiger partial charge in [-0.2, -0.15) is 17.0 Å². The van der Waals surface area contributed by atoms with Gasteiger partial charge in [-0.1, -0.05) is 26.7 Å². The molecular weight excluding hydrogens is 276 g/mol. The van der Waals surface area contributed by atoms with Gasteiger partial charge in [0.2, 0.25) is 0 Å². The normalized spacial score (nSPS) is 30.2. The summed E-state index contributed by atoms with van der Waals surface area (Å²) in [5.74, 6) is 0.821. The molecule has 0 amide bonds. The van der Waals surface area contributed by atoms with E-state index in [1.807, 2.05) is 0 Å². The van der Waals surface area contributed by atoms with Crippen molar-refractivity contribution in [3.05, 3.63) is 0 Å². The Balaban J connectivity index is 2.16. The summed E-state index contributed by atoms with van der Waals surface area (Å²) in [5, 5.41) is 9.24. The summed E-state index contributed by atoms with van der Waals surface area (Å²) in [4.78, 5) is 0. The van der Waals surface area contributed by atoms with Crippen LogP contribution in [0.1, 0.15) is 46.0 Å². The zero-order valence-corrected chi connectivity index (χ0v) is 13.5. The van der Waals surface area contributed by atoms with Crippen LogP contribution in [-0.4, -0.2) is 54.4 Å². The molecule has 0 aromatic rings. The van der Waals surface area contributed by atoms with Gasteiger partial charge in [-0.3, -0.25) is 0 Å². The summed E-state index contributed by atoms with van der Waals surface area (Å²) in [6.07, 6.45) is 5.13. The van der Waals surface area contributed by atoms with Crippen molar-refractivity contribution < 1.29 is 13.5 Å². The molecule has 0 spiro atoms. The monoisotopic (exact) mass is 304 g/mol. The van der Waals surface area contributed by atoms with Crippen LogP contribution in [0.5, 0.6) is 0 Å². The number of piperidine rings is 1. The van der Waals surface area contributed by atoms with Gasteiger partial charge in [-0.05, 0) is 31.1 Å². The van der Waals surface area contributed by atoms with Crippen LogP contribution in [0, 0.1) is 11.8 Å². The first-order chi connectivity index (χ1) is 9.45. The van der Waals surface area contributed by atoms with E-state index in [1.54, 1.807) is 8.61 Å². The zero-order chi connectivity index (χ0) is 14.8. The quantitative estimate of drug-likeness (QED) is 0.836. The Morgan fingerprint density at radius 2 is 1.70 bits per heavy atom. The molecule has 118 valence electrons. The minimum atomic E-state index is -3.43. The van der Waals surface area contributed by atoms with E-state index in [4.69, 9.17) is 0 Å². The molecule has 6 heteroatoms. The summed E-state index contributed by atoms with van der Waals surface area (Å²) in [6.45, 7) is 5.58. The van der Waals surface area contributed by atoms with Crippen LogP contribution in [0.2, 0.25) is 0 Å². The predicted molar refractivity (Wildman–Crippen MR) is 79.5 cm³/mol. The Kier molecular flexibility index (Phi) is 5.45. The highest BCUT2D eigenvalue weighted by atomic mass is 32.2. The van der Waals surface area contributed by atoms with E-state index in [2.05, 4.69) is 13.8 Å². The second-order valence-corrected chi connectivity index (χ2v) is 8.42. The number of hydrogen-bond acceptors (Lipinski definition) is 3. The van der Waals surface area contributed by atoms with E-state index in [-0.39, 0.29) is 19.2 Å². The Morgan fingerprint density at radius 1 is 1.15 bits per heavy atom. The van der Waals surface area contributed by atoms with Crippen LogP contribution >= 0.6 is 0 Å². The fourth-order valence-corrected chi connectivity index (χ4v) is 5.80. The molecule has 0 aromatic carbocycles. The van der Waals surface area contributed by atoms with E-state index in [0.717, 1.165) is 32.1 Å². The van der Waals surface area contributed by atoms with Gasteiger partial charge in [0, 0.05) is 25.7 Å². The summed E-state index contributed by atoms with van der Waals surface area (Å²) >= 11 is 0. The molecule has 5 nitrogen and oxygen atoms in total. The largest absolute Gasteiger partial charge is 0.395 e. The molecule has 1 heterocycles. The lowest BCUT2D eigenvalue weighted by Gasteiger charge is -2.38. The minimum Gasteiger partial charge on any atom is -0.395 e. The number of hydrogen-bond donors (Lipinski definition) is 1. The van der Waals surface area contributed by atoms with Crippen molar-refractivity contribution in [2.24, 2.45) is 11.8 Å². The molecule has 1 aliphatic heterocycles.